The fourth-order valence-electron chi connectivity index (χ4n) is 4.43. The van der Waals surface area contributed by atoms with Gasteiger partial charge >= 0.3 is 0 Å². The van der Waals surface area contributed by atoms with E-state index in [9.17, 15) is 13.2 Å². The van der Waals surface area contributed by atoms with E-state index in [1.165, 1.54) is 0 Å². The summed E-state index contributed by atoms with van der Waals surface area (Å²) in [6.45, 7) is 0.721. The van der Waals surface area contributed by atoms with Gasteiger partial charge in [0, 0.05) is 34.8 Å². The van der Waals surface area contributed by atoms with Crippen molar-refractivity contribution in [3.8, 4) is 0 Å². The Kier molecular flexibility index (Phi) is 6.90. The van der Waals surface area contributed by atoms with Crippen LogP contribution in [0.2, 0.25) is 5.02 Å². The molecule has 1 amide bonds. The van der Waals surface area contributed by atoms with Crippen molar-refractivity contribution in [2.75, 3.05) is 24.1 Å². The van der Waals surface area contributed by atoms with E-state index in [4.69, 9.17) is 11.6 Å². The van der Waals surface area contributed by atoms with Crippen LogP contribution in [0.3, 0.4) is 0 Å². The fourth-order valence-corrected chi connectivity index (χ4v) is 5.68. The second-order valence-corrected chi connectivity index (χ2v) is 11.7. The monoisotopic (exact) mass is 534 g/mol. The van der Waals surface area contributed by atoms with Crippen LogP contribution in [0.25, 0.3) is 10.8 Å². The lowest BCUT2D eigenvalue weighted by Gasteiger charge is -2.11. The molecule has 1 saturated carbocycles. The Morgan fingerprint density at radius 3 is 2.54 bits per heavy atom. The average Bonchev–Trinajstić information content (AvgIpc) is 3.67. The normalized spacial score (nSPS) is 17.1. The first-order valence-electron chi connectivity index (χ1n) is 11.9. The number of rotatable bonds is 8. The maximum Gasteiger partial charge on any atom is 0.263 e. The Hall–Kier alpha value is -3.46. The van der Waals surface area contributed by atoms with Gasteiger partial charge in [0.15, 0.2) is 0 Å². The maximum atomic E-state index is 12.8. The van der Waals surface area contributed by atoms with Gasteiger partial charge in [0.05, 0.1) is 4.90 Å². The van der Waals surface area contributed by atoms with Gasteiger partial charge in [0.25, 0.3) is 10.0 Å². The molecule has 1 aliphatic rings. The lowest BCUT2D eigenvalue weighted by atomic mass is 10.1. The molecule has 0 bridgehead atoms. The molecular formula is C28H27ClN4O3S. The van der Waals surface area contributed by atoms with E-state index in [0.717, 1.165) is 28.4 Å². The molecule has 7 nitrogen and oxygen atoms in total. The van der Waals surface area contributed by atoms with Crippen LogP contribution in [-0.4, -0.2) is 38.3 Å². The highest BCUT2D eigenvalue weighted by atomic mass is 35.5. The third kappa shape index (κ3) is 5.77. The summed E-state index contributed by atoms with van der Waals surface area (Å²) < 4.78 is 28.2. The molecule has 2 atom stereocenters. The molecule has 1 aromatic heterocycles. The number of aromatic nitrogens is 1. The van der Waals surface area contributed by atoms with Gasteiger partial charge in [0.1, 0.15) is 5.82 Å². The molecule has 190 valence electrons. The summed E-state index contributed by atoms with van der Waals surface area (Å²) in [7, 11) is 0.136. The molecule has 0 aliphatic heterocycles. The van der Waals surface area contributed by atoms with Crippen molar-refractivity contribution >= 4 is 49.8 Å². The minimum absolute atomic E-state index is 0.0552. The van der Waals surface area contributed by atoms with Gasteiger partial charge in [0.2, 0.25) is 5.91 Å². The number of amides is 1. The van der Waals surface area contributed by atoms with Gasteiger partial charge in [-0.1, -0.05) is 48.0 Å². The molecular weight excluding hydrogens is 508 g/mol. The molecule has 4 aromatic rings. The van der Waals surface area contributed by atoms with E-state index in [-0.39, 0.29) is 28.5 Å². The predicted molar refractivity (Wildman–Crippen MR) is 147 cm³/mol. The number of sulfonamides is 1. The van der Waals surface area contributed by atoms with Crippen LogP contribution in [0.4, 0.5) is 11.5 Å². The zero-order valence-electron chi connectivity index (χ0n) is 20.5. The Balaban J connectivity index is 1.21. The predicted octanol–water partition coefficient (Wildman–Crippen LogP) is 5.49. The molecule has 0 saturated heterocycles. The lowest BCUT2D eigenvalue weighted by Crippen LogP contribution is -2.15. The van der Waals surface area contributed by atoms with Crippen molar-refractivity contribution in [3.63, 3.8) is 0 Å². The number of halogens is 1. The van der Waals surface area contributed by atoms with Crippen LogP contribution in [0.5, 0.6) is 0 Å². The third-order valence-electron chi connectivity index (χ3n) is 6.40. The molecule has 1 unspecified atom stereocenters. The molecule has 5 rings (SSSR count). The van der Waals surface area contributed by atoms with Crippen molar-refractivity contribution in [1.82, 2.24) is 9.88 Å². The van der Waals surface area contributed by atoms with Gasteiger partial charge in [-0.25, -0.2) is 13.4 Å². The molecule has 0 spiro atoms. The van der Waals surface area contributed by atoms with Gasteiger partial charge in [-0.3, -0.25) is 9.52 Å². The Morgan fingerprint density at radius 2 is 1.84 bits per heavy atom. The number of carbonyl (C=O) groups excluding carboxylic acids is 1. The second kappa shape index (κ2) is 10.1. The molecule has 1 heterocycles. The van der Waals surface area contributed by atoms with Gasteiger partial charge in [-0.15, -0.1) is 0 Å². The number of hydrogen-bond donors (Lipinski definition) is 2. The highest BCUT2D eigenvalue weighted by Gasteiger charge is 2.44. The first kappa shape index (κ1) is 25.2. The zero-order valence-corrected chi connectivity index (χ0v) is 22.1. The molecule has 37 heavy (non-hydrogen) atoms. The van der Waals surface area contributed by atoms with Crippen molar-refractivity contribution in [2.45, 2.75) is 23.8 Å². The topological polar surface area (TPSA) is 91.4 Å². The highest BCUT2D eigenvalue weighted by Crippen LogP contribution is 2.48. The molecule has 3 aromatic carbocycles. The lowest BCUT2D eigenvalue weighted by molar-refractivity contribution is -0.117. The van der Waals surface area contributed by atoms with Crippen LogP contribution in [-0.2, 0) is 21.4 Å². The Labute approximate surface area is 221 Å². The van der Waals surface area contributed by atoms with Gasteiger partial charge in [-0.05, 0) is 79.3 Å². The van der Waals surface area contributed by atoms with Gasteiger partial charge in [-0.2, -0.15) is 0 Å². The third-order valence-corrected chi connectivity index (χ3v) is 8.10. The van der Waals surface area contributed by atoms with E-state index >= 15 is 0 Å². The summed E-state index contributed by atoms with van der Waals surface area (Å²) >= 11 is 6.29. The number of nitrogens with one attached hydrogen (secondary N) is 2. The van der Waals surface area contributed by atoms with E-state index in [0.29, 0.717) is 17.1 Å². The SMILES string of the molecule is CN(C)Cc1ccc(NS(=O)(=O)c2ccc(C3C[C@H]3C(=O)Nc3ccc4cccc(Cl)c4c3)cc2)nc1. The minimum atomic E-state index is -3.78. The smallest absolute Gasteiger partial charge is 0.263 e. The van der Waals surface area contributed by atoms with Gasteiger partial charge < -0.3 is 10.2 Å². The second-order valence-electron chi connectivity index (χ2n) is 9.58. The summed E-state index contributed by atoms with van der Waals surface area (Å²) in [4.78, 5) is 19.2. The largest absolute Gasteiger partial charge is 0.326 e. The fraction of sp³-hybridized carbons (Fsp3) is 0.214. The van der Waals surface area contributed by atoms with Crippen LogP contribution >= 0.6 is 11.6 Å². The number of hydrogen-bond acceptors (Lipinski definition) is 5. The molecule has 2 N–H and O–H groups in total. The van der Waals surface area contributed by atoms with Crippen LogP contribution < -0.4 is 10.0 Å². The summed E-state index contributed by atoms with van der Waals surface area (Å²) in [5, 5.41) is 5.52. The average molecular weight is 535 g/mol. The summed E-state index contributed by atoms with van der Waals surface area (Å²) in [5.41, 5.74) is 2.63. The summed E-state index contributed by atoms with van der Waals surface area (Å²) in [6.07, 6.45) is 2.37. The van der Waals surface area contributed by atoms with Crippen LogP contribution in [0.15, 0.2) is 83.9 Å². The number of carbonyl (C=O) groups is 1. The maximum absolute atomic E-state index is 12.8. The zero-order chi connectivity index (χ0) is 26.2. The van der Waals surface area contributed by atoms with Crippen molar-refractivity contribution in [2.24, 2.45) is 5.92 Å². The van der Waals surface area contributed by atoms with Crippen LogP contribution in [0.1, 0.15) is 23.5 Å². The van der Waals surface area contributed by atoms with Crippen LogP contribution in [0, 0.1) is 5.92 Å². The van der Waals surface area contributed by atoms with E-state index in [1.54, 1.807) is 36.5 Å². The quantitative estimate of drug-likeness (QED) is 0.312. The van der Waals surface area contributed by atoms with Crippen molar-refractivity contribution < 1.29 is 13.2 Å². The number of nitrogens with zero attached hydrogens (tertiary/aromatic N) is 2. The highest BCUT2D eigenvalue weighted by molar-refractivity contribution is 7.92. The number of benzene rings is 3. The molecule has 0 radical (unpaired) electrons. The first-order chi connectivity index (χ1) is 17.7. The molecule has 1 fully saturated rings. The number of fused-ring (bicyclic) bond motifs is 1. The number of pyridine rings is 1. The summed E-state index contributed by atoms with van der Waals surface area (Å²) in [6, 6.07) is 21.5. The Bertz CT molecular complexity index is 1560. The minimum Gasteiger partial charge on any atom is -0.326 e. The van der Waals surface area contributed by atoms with E-state index in [2.05, 4.69) is 15.0 Å². The van der Waals surface area contributed by atoms with E-state index < -0.39 is 10.0 Å². The standard InChI is InChI=1S/C28H27ClN4O3S/c1-33(2)17-18-6-13-27(30-16-18)32-37(35,36)22-11-8-20(9-12-22)23-15-25(23)28(34)31-21-10-7-19-4-3-5-26(29)24(19)14-21/h3-14,16,23,25H,15,17H2,1-2H3,(H,30,32)(H,31,34)/t23?,25-/m1/s1. The summed E-state index contributed by atoms with van der Waals surface area (Å²) in [5.74, 6) is 0.103. The van der Waals surface area contributed by atoms with E-state index in [1.807, 2.05) is 61.5 Å². The molecule has 9 heteroatoms. The van der Waals surface area contributed by atoms with Crippen molar-refractivity contribution in [3.05, 3.63) is 95.1 Å². The van der Waals surface area contributed by atoms with Crippen molar-refractivity contribution in [1.29, 1.82) is 0 Å². The number of anilines is 2. The first-order valence-corrected chi connectivity index (χ1v) is 13.8. The molecule has 1 aliphatic carbocycles. The Morgan fingerprint density at radius 1 is 1.05 bits per heavy atom.